The van der Waals surface area contributed by atoms with Gasteiger partial charge in [-0.1, -0.05) is 36.5 Å². The Kier molecular flexibility index (Phi) is 3.49. The van der Waals surface area contributed by atoms with Crippen LogP contribution in [-0.4, -0.2) is 21.1 Å². The highest BCUT2D eigenvalue weighted by atomic mass is 32.1. The van der Waals surface area contributed by atoms with Crippen LogP contribution < -0.4 is 11.1 Å². The van der Waals surface area contributed by atoms with Crippen LogP contribution in [0.2, 0.25) is 0 Å². The first-order valence-electron chi connectivity index (χ1n) is 6.46. The van der Waals surface area contributed by atoms with E-state index < -0.39 is 0 Å². The van der Waals surface area contributed by atoms with Crippen LogP contribution in [0.4, 0.5) is 10.8 Å². The highest BCUT2D eigenvalue weighted by Gasteiger charge is 2.13. The summed E-state index contributed by atoms with van der Waals surface area (Å²) >= 11 is 1.35. The number of amides is 1. The van der Waals surface area contributed by atoms with Crippen LogP contribution in [0, 0.1) is 0 Å². The molecule has 0 atom stereocenters. The van der Waals surface area contributed by atoms with Crippen molar-refractivity contribution in [3.8, 4) is 0 Å². The van der Waals surface area contributed by atoms with Crippen molar-refractivity contribution >= 4 is 39.0 Å². The number of fused-ring (bicyclic) bond motifs is 1. The van der Waals surface area contributed by atoms with Gasteiger partial charge in [0.2, 0.25) is 5.13 Å². The van der Waals surface area contributed by atoms with E-state index in [4.69, 9.17) is 5.73 Å². The lowest BCUT2D eigenvalue weighted by atomic mass is 10.1. The molecule has 2 heterocycles. The minimum Gasteiger partial charge on any atom is -0.398 e. The number of pyridine rings is 1. The Labute approximate surface area is 125 Å². The average Bonchev–Trinajstić information content (AvgIpc) is 2.95. The molecular weight excluding hydrogens is 286 g/mol. The number of nitrogens with zero attached hydrogens (tertiary/aromatic N) is 3. The van der Waals surface area contributed by atoms with Gasteiger partial charge in [-0.05, 0) is 18.6 Å². The van der Waals surface area contributed by atoms with Crippen LogP contribution in [0.15, 0.2) is 30.3 Å². The number of anilines is 2. The molecule has 3 N–H and O–H groups in total. The molecule has 1 aromatic carbocycles. The molecule has 3 rings (SSSR count). The number of carbonyl (C=O) groups is 1. The van der Waals surface area contributed by atoms with Crippen LogP contribution in [0.5, 0.6) is 0 Å². The molecule has 0 bridgehead atoms. The molecule has 3 aromatic rings. The van der Waals surface area contributed by atoms with Crippen LogP contribution in [-0.2, 0) is 6.42 Å². The quantitative estimate of drug-likeness (QED) is 0.775. The standard InChI is InChI=1S/C14H13N5OS/c1-2-12-18-19-14(21-12)17-13(20)11-7-9(15)8-5-3-4-6-10(8)16-11/h3-7H,2H2,1H3,(H2,15,16)(H,17,19,20). The Bertz CT molecular complexity index is 814. The van der Waals surface area contributed by atoms with E-state index in [1.54, 1.807) is 6.07 Å². The number of hydrogen-bond donors (Lipinski definition) is 2. The summed E-state index contributed by atoms with van der Waals surface area (Å²) in [5, 5.41) is 12.7. The van der Waals surface area contributed by atoms with Gasteiger partial charge < -0.3 is 5.73 Å². The summed E-state index contributed by atoms with van der Waals surface area (Å²) in [6.45, 7) is 1.98. The van der Waals surface area contributed by atoms with Crippen molar-refractivity contribution in [2.75, 3.05) is 11.1 Å². The Morgan fingerprint density at radius 2 is 2.14 bits per heavy atom. The van der Waals surface area contributed by atoms with Gasteiger partial charge in [-0.2, -0.15) is 0 Å². The minimum absolute atomic E-state index is 0.263. The van der Waals surface area contributed by atoms with E-state index in [1.165, 1.54) is 11.3 Å². The Morgan fingerprint density at radius 1 is 1.33 bits per heavy atom. The first-order chi connectivity index (χ1) is 10.2. The first-order valence-corrected chi connectivity index (χ1v) is 7.28. The SMILES string of the molecule is CCc1nnc(NC(=O)c2cc(N)c3ccccc3n2)s1. The van der Waals surface area contributed by atoms with E-state index in [-0.39, 0.29) is 11.6 Å². The number of nitrogen functional groups attached to an aromatic ring is 1. The van der Waals surface area contributed by atoms with Crippen LogP contribution in [0.25, 0.3) is 10.9 Å². The monoisotopic (exact) mass is 299 g/mol. The van der Waals surface area contributed by atoms with Crippen molar-refractivity contribution in [3.05, 3.63) is 41.0 Å². The van der Waals surface area contributed by atoms with Gasteiger partial charge >= 0.3 is 0 Å². The Morgan fingerprint density at radius 3 is 2.90 bits per heavy atom. The van der Waals surface area contributed by atoms with Crippen molar-refractivity contribution in [3.63, 3.8) is 0 Å². The normalized spacial score (nSPS) is 10.7. The molecule has 6 nitrogen and oxygen atoms in total. The van der Waals surface area contributed by atoms with Crippen molar-refractivity contribution < 1.29 is 4.79 Å². The van der Waals surface area contributed by atoms with Gasteiger partial charge in [0.1, 0.15) is 10.7 Å². The molecule has 0 radical (unpaired) electrons. The second-order valence-electron chi connectivity index (χ2n) is 4.42. The summed E-state index contributed by atoms with van der Waals surface area (Å²) in [4.78, 5) is 16.5. The minimum atomic E-state index is -0.341. The van der Waals surface area contributed by atoms with Gasteiger partial charge in [0.25, 0.3) is 5.91 Å². The molecule has 21 heavy (non-hydrogen) atoms. The van der Waals surface area contributed by atoms with Gasteiger partial charge in [-0.15, -0.1) is 10.2 Å². The summed E-state index contributed by atoms with van der Waals surface area (Å²) in [5.41, 5.74) is 7.45. The van der Waals surface area contributed by atoms with Gasteiger partial charge in [-0.3, -0.25) is 10.1 Å². The summed E-state index contributed by atoms with van der Waals surface area (Å²) < 4.78 is 0. The molecule has 2 aromatic heterocycles. The van der Waals surface area contributed by atoms with Crippen molar-refractivity contribution in [2.45, 2.75) is 13.3 Å². The lowest BCUT2D eigenvalue weighted by molar-refractivity contribution is 0.102. The number of carbonyl (C=O) groups excluding carboxylic acids is 1. The third kappa shape index (κ3) is 2.68. The van der Waals surface area contributed by atoms with E-state index >= 15 is 0 Å². The summed E-state index contributed by atoms with van der Waals surface area (Å²) in [7, 11) is 0. The fourth-order valence-electron chi connectivity index (χ4n) is 1.93. The molecule has 0 spiro atoms. The van der Waals surface area contributed by atoms with E-state index in [0.717, 1.165) is 16.8 Å². The number of hydrogen-bond acceptors (Lipinski definition) is 6. The molecule has 1 amide bonds. The number of aryl methyl sites for hydroxylation is 1. The van der Waals surface area contributed by atoms with Crippen LogP contribution >= 0.6 is 11.3 Å². The summed E-state index contributed by atoms with van der Waals surface area (Å²) in [6, 6.07) is 9.00. The van der Waals surface area contributed by atoms with Gasteiger partial charge in [-0.25, -0.2) is 4.98 Å². The van der Waals surface area contributed by atoms with Crippen molar-refractivity contribution in [1.29, 1.82) is 0 Å². The molecule has 0 aliphatic heterocycles. The molecule has 106 valence electrons. The lowest BCUT2D eigenvalue weighted by Crippen LogP contribution is -2.14. The van der Waals surface area contributed by atoms with Crippen LogP contribution in [0.3, 0.4) is 0 Å². The lowest BCUT2D eigenvalue weighted by Gasteiger charge is -2.05. The van der Waals surface area contributed by atoms with Gasteiger partial charge in [0.15, 0.2) is 0 Å². The predicted octanol–water partition coefficient (Wildman–Crippen LogP) is 2.48. The zero-order chi connectivity index (χ0) is 14.8. The molecule has 0 saturated heterocycles. The van der Waals surface area contributed by atoms with E-state index in [1.807, 2.05) is 31.2 Å². The number of aromatic nitrogens is 3. The fourth-order valence-corrected chi connectivity index (χ4v) is 2.60. The van der Waals surface area contributed by atoms with Crippen LogP contribution in [0.1, 0.15) is 22.4 Å². The Balaban J connectivity index is 1.90. The molecular formula is C14H13N5OS. The van der Waals surface area contributed by atoms with Gasteiger partial charge in [0, 0.05) is 11.1 Å². The topological polar surface area (TPSA) is 93.8 Å². The summed E-state index contributed by atoms with van der Waals surface area (Å²) in [5.74, 6) is -0.341. The largest absolute Gasteiger partial charge is 0.398 e. The molecule has 0 unspecified atom stereocenters. The third-order valence-electron chi connectivity index (χ3n) is 2.97. The first kappa shape index (κ1) is 13.4. The maximum Gasteiger partial charge on any atom is 0.276 e. The fraction of sp³-hybridized carbons (Fsp3) is 0.143. The zero-order valence-corrected chi connectivity index (χ0v) is 12.1. The zero-order valence-electron chi connectivity index (χ0n) is 11.3. The number of rotatable bonds is 3. The molecule has 0 aliphatic carbocycles. The molecule has 0 saturated carbocycles. The second kappa shape index (κ2) is 5.45. The highest BCUT2D eigenvalue weighted by molar-refractivity contribution is 7.15. The predicted molar refractivity (Wildman–Crippen MR) is 83.4 cm³/mol. The van der Waals surface area contributed by atoms with E-state index in [0.29, 0.717) is 16.3 Å². The maximum absolute atomic E-state index is 12.2. The summed E-state index contributed by atoms with van der Waals surface area (Å²) in [6.07, 6.45) is 0.786. The molecule has 7 heteroatoms. The maximum atomic E-state index is 12.2. The number of nitrogens with one attached hydrogen (secondary N) is 1. The highest BCUT2D eigenvalue weighted by Crippen LogP contribution is 2.21. The Hall–Kier alpha value is -2.54. The molecule has 0 aliphatic rings. The second-order valence-corrected chi connectivity index (χ2v) is 5.48. The number of nitrogens with two attached hydrogens (primary N) is 1. The van der Waals surface area contributed by atoms with Crippen molar-refractivity contribution in [1.82, 2.24) is 15.2 Å². The van der Waals surface area contributed by atoms with Crippen molar-refractivity contribution in [2.24, 2.45) is 0 Å². The van der Waals surface area contributed by atoms with E-state index in [2.05, 4.69) is 20.5 Å². The smallest absolute Gasteiger partial charge is 0.276 e. The average molecular weight is 299 g/mol. The number of benzene rings is 1. The third-order valence-corrected chi connectivity index (χ3v) is 3.95. The van der Waals surface area contributed by atoms with E-state index in [9.17, 15) is 4.79 Å². The number of para-hydroxylation sites is 1. The molecule has 0 fully saturated rings. The van der Waals surface area contributed by atoms with Gasteiger partial charge in [0.05, 0.1) is 5.52 Å².